The minimum atomic E-state index is -0.546. The fourth-order valence-electron chi connectivity index (χ4n) is 2.48. The Bertz CT molecular complexity index is 530. The van der Waals surface area contributed by atoms with Crippen molar-refractivity contribution in [3.8, 4) is 6.07 Å². The van der Waals surface area contributed by atoms with Crippen molar-refractivity contribution < 1.29 is 4.92 Å². The van der Waals surface area contributed by atoms with Gasteiger partial charge in [0.05, 0.1) is 4.92 Å². The molecule has 6 heteroatoms. The summed E-state index contributed by atoms with van der Waals surface area (Å²) in [5, 5.41) is 22.8. The van der Waals surface area contributed by atoms with Crippen molar-refractivity contribution in [1.29, 1.82) is 5.26 Å². The molecular formula is C13H16N4O2. The topological polar surface area (TPSA) is 91.8 Å². The van der Waals surface area contributed by atoms with Crippen molar-refractivity contribution >= 4 is 11.5 Å². The average Bonchev–Trinajstić information content (AvgIpc) is 2.83. The number of rotatable bonds is 4. The van der Waals surface area contributed by atoms with Gasteiger partial charge < -0.3 is 5.32 Å². The lowest BCUT2D eigenvalue weighted by Gasteiger charge is -2.24. The number of anilines is 1. The molecule has 19 heavy (non-hydrogen) atoms. The molecule has 0 saturated heterocycles. The number of nitro groups is 1. The summed E-state index contributed by atoms with van der Waals surface area (Å²) in [6.45, 7) is 2.96. The van der Waals surface area contributed by atoms with Crippen LogP contribution in [0.3, 0.4) is 0 Å². The summed E-state index contributed by atoms with van der Waals surface area (Å²) in [6, 6.07) is 3.21. The van der Waals surface area contributed by atoms with Crippen LogP contribution in [0.1, 0.15) is 38.2 Å². The lowest BCUT2D eigenvalue weighted by atomic mass is 9.89. The van der Waals surface area contributed by atoms with Crippen LogP contribution in [0.2, 0.25) is 0 Å². The predicted octanol–water partition coefficient (Wildman–Crippen LogP) is 2.85. The van der Waals surface area contributed by atoms with Gasteiger partial charge >= 0.3 is 0 Å². The van der Waals surface area contributed by atoms with Crippen molar-refractivity contribution in [2.24, 2.45) is 5.41 Å². The van der Waals surface area contributed by atoms with Gasteiger partial charge in [-0.15, -0.1) is 0 Å². The first-order valence-corrected chi connectivity index (χ1v) is 6.32. The highest BCUT2D eigenvalue weighted by atomic mass is 16.6. The maximum atomic E-state index is 10.6. The molecule has 0 bridgehead atoms. The molecule has 0 aromatic carbocycles. The zero-order valence-corrected chi connectivity index (χ0v) is 10.8. The summed E-state index contributed by atoms with van der Waals surface area (Å²) < 4.78 is 0. The van der Waals surface area contributed by atoms with Gasteiger partial charge in [0.15, 0.2) is 0 Å². The molecule has 0 radical (unpaired) electrons. The van der Waals surface area contributed by atoms with Gasteiger partial charge in [0, 0.05) is 12.6 Å². The fraction of sp³-hybridized carbons (Fsp3) is 0.538. The Morgan fingerprint density at radius 3 is 2.84 bits per heavy atom. The van der Waals surface area contributed by atoms with E-state index in [-0.39, 0.29) is 16.7 Å². The van der Waals surface area contributed by atoms with E-state index in [9.17, 15) is 10.1 Å². The maximum Gasteiger partial charge on any atom is 0.289 e. The molecule has 1 aromatic heterocycles. The van der Waals surface area contributed by atoms with Crippen LogP contribution in [0, 0.1) is 26.9 Å². The summed E-state index contributed by atoms with van der Waals surface area (Å²) in [7, 11) is 0. The third-order valence-electron chi connectivity index (χ3n) is 3.70. The van der Waals surface area contributed by atoms with Crippen molar-refractivity contribution in [3.05, 3.63) is 27.9 Å². The molecule has 1 aliphatic carbocycles. The fourth-order valence-corrected chi connectivity index (χ4v) is 2.48. The Morgan fingerprint density at radius 1 is 1.58 bits per heavy atom. The summed E-state index contributed by atoms with van der Waals surface area (Å²) in [4.78, 5) is 14.1. The third kappa shape index (κ3) is 2.99. The highest BCUT2D eigenvalue weighted by Gasteiger charge is 2.28. The van der Waals surface area contributed by atoms with Gasteiger partial charge in [-0.2, -0.15) is 5.26 Å². The number of aromatic nitrogens is 1. The molecular weight excluding hydrogens is 244 g/mol. The maximum absolute atomic E-state index is 10.6. The Morgan fingerprint density at radius 2 is 2.26 bits per heavy atom. The molecule has 0 spiro atoms. The van der Waals surface area contributed by atoms with E-state index in [0.717, 1.165) is 19.4 Å². The van der Waals surface area contributed by atoms with E-state index in [2.05, 4.69) is 17.2 Å². The van der Waals surface area contributed by atoms with Crippen molar-refractivity contribution in [2.75, 3.05) is 11.9 Å². The van der Waals surface area contributed by atoms with Gasteiger partial charge in [0.2, 0.25) is 0 Å². The number of pyridine rings is 1. The van der Waals surface area contributed by atoms with Crippen LogP contribution < -0.4 is 5.32 Å². The SMILES string of the molecule is CC1(CNc2ncc([N+](=O)[O-])cc2C#N)CCCC1. The standard InChI is InChI=1S/C13H16N4O2/c1-13(4-2-3-5-13)9-16-12-10(7-14)6-11(8-15-12)17(18)19/h6,8H,2-5,9H2,1H3,(H,15,16). The molecule has 2 rings (SSSR count). The van der Waals surface area contributed by atoms with Gasteiger partial charge in [-0.05, 0) is 18.3 Å². The second kappa shape index (κ2) is 5.22. The molecule has 100 valence electrons. The summed E-state index contributed by atoms with van der Waals surface area (Å²) in [5.41, 5.74) is 0.292. The van der Waals surface area contributed by atoms with Gasteiger partial charge in [-0.1, -0.05) is 19.8 Å². The van der Waals surface area contributed by atoms with Crippen LogP contribution in [0.5, 0.6) is 0 Å². The Labute approximate surface area is 111 Å². The minimum Gasteiger partial charge on any atom is -0.368 e. The van der Waals surface area contributed by atoms with E-state index in [1.165, 1.54) is 25.1 Å². The normalized spacial score (nSPS) is 16.8. The molecule has 0 aliphatic heterocycles. The van der Waals surface area contributed by atoms with Crippen LogP contribution >= 0.6 is 0 Å². The smallest absolute Gasteiger partial charge is 0.289 e. The second-order valence-electron chi connectivity index (χ2n) is 5.33. The zero-order valence-electron chi connectivity index (χ0n) is 10.8. The number of nitrogens with zero attached hydrogens (tertiary/aromatic N) is 3. The van der Waals surface area contributed by atoms with Crippen LogP contribution in [-0.2, 0) is 0 Å². The monoisotopic (exact) mass is 260 g/mol. The lowest BCUT2D eigenvalue weighted by Crippen LogP contribution is -2.23. The summed E-state index contributed by atoms with van der Waals surface area (Å²) in [5.74, 6) is 0.432. The van der Waals surface area contributed by atoms with E-state index in [0.29, 0.717) is 5.82 Å². The Balaban J connectivity index is 2.12. The third-order valence-corrected chi connectivity index (χ3v) is 3.70. The van der Waals surface area contributed by atoms with Gasteiger partial charge in [-0.25, -0.2) is 4.98 Å². The second-order valence-corrected chi connectivity index (χ2v) is 5.33. The van der Waals surface area contributed by atoms with Crippen LogP contribution in [0.4, 0.5) is 11.5 Å². The highest BCUT2D eigenvalue weighted by Crippen LogP contribution is 2.37. The number of hydrogen-bond donors (Lipinski definition) is 1. The molecule has 1 aromatic rings. The molecule has 0 atom stereocenters. The molecule has 0 unspecified atom stereocenters. The van der Waals surface area contributed by atoms with Crippen molar-refractivity contribution in [3.63, 3.8) is 0 Å². The predicted molar refractivity (Wildman–Crippen MR) is 70.7 cm³/mol. The quantitative estimate of drug-likeness (QED) is 0.663. The van der Waals surface area contributed by atoms with E-state index >= 15 is 0 Å². The molecule has 1 fully saturated rings. The first-order chi connectivity index (χ1) is 9.04. The molecule has 0 amide bonds. The summed E-state index contributed by atoms with van der Waals surface area (Å²) >= 11 is 0. The summed E-state index contributed by atoms with van der Waals surface area (Å²) in [6.07, 6.45) is 5.97. The van der Waals surface area contributed by atoms with Crippen LogP contribution in [-0.4, -0.2) is 16.5 Å². The van der Waals surface area contributed by atoms with E-state index in [4.69, 9.17) is 5.26 Å². The number of nitriles is 1. The number of nitrogens with one attached hydrogen (secondary N) is 1. The first-order valence-electron chi connectivity index (χ1n) is 6.32. The molecule has 1 heterocycles. The molecule has 6 nitrogen and oxygen atoms in total. The van der Waals surface area contributed by atoms with Crippen LogP contribution in [0.15, 0.2) is 12.3 Å². The van der Waals surface area contributed by atoms with Gasteiger partial charge in [0.1, 0.15) is 23.6 Å². The van der Waals surface area contributed by atoms with E-state index < -0.39 is 4.92 Å². The largest absolute Gasteiger partial charge is 0.368 e. The Kier molecular flexibility index (Phi) is 3.65. The first kappa shape index (κ1) is 13.3. The van der Waals surface area contributed by atoms with E-state index in [1.807, 2.05) is 6.07 Å². The zero-order chi connectivity index (χ0) is 13.9. The van der Waals surface area contributed by atoms with Crippen LogP contribution in [0.25, 0.3) is 0 Å². The minimum absolute atomic E-state index is 0.158. The van der Waals surface area contributed by atoms with Gasteiger partial charge in [0.25, 0.3) is 5.69 Å². The van der Waals surface area contributed by atoms with Crippen molar-refractivity contribution in [1.82, 2.24) is 4.98 Å². The average molecular weight is 260 g/mol. The molecule has 1 N–H and O–H groups in total. The van der Waals surface area contributed by atoms with E-state index in [1.54, 1.807) is 0 Å². The lowest BCUT2D eigenvalue weighted by molar-refractivity contribution is -0.385. The molecule has 1 aliphatic rings. The Hall–Kier alpha value is -2.16. The van der Waals surface area contributed by atoms with Gasteiger partial charge in [-0.3, -0.25) is 10.1 Å². The van der Waals surface area contributed by atoms with Crippen molar-refractivity contribution in [2.45, 2.75) is 32.6 Å². The number of hydrogen-bond acceptors (Lipinski definition) is 5. The molecule has 1 saturated carbocycles. The highest BCUT2D eigenvalue weighted by molar-refractivity contribution is 5.55.